The summed E-state index contributed by atoms with van der Waals surface area (Å²) in [6.07, 6.45) is 7.06. The molecule has 1 saturated heterocycles. The Balaban J connectivity index is 1.52. The second-order valence-corrected chi connectivity index (χ2v) is 6.47. The smallest absolute Gasteiger partial charge is 0.147 e. The van der Waals surface area contributed by atoms with Crippen molar-refractivity contribution < 1.29 is 0 Å². The lowest BCUT2D eigenvalue weighted by Crippen LogP contribution is -2.37. The SMILES string of the molecule is Cc1nc(C)n(CC2CCCN(C/C=C/c3ccccc3)C2)n1. The summed E-state index contributed by atoms with van der Waals surface area (Å²) >= 11 is 0. The highest BCUT2D eigenvalue weighted by Crippen LogP contribution is 2.18. The predicted molar refractivity (Wildman–Crippen MR) is 94.1 cm³/mol. The molecule has 0 N–H and O–H groups in total. The van der Waals surface area contributed by atoms with Crippen molar-refractivity contribution in [2.75, 3.05) is 19.6 Å². The van der Waals surface area contributed by atoms with Crippen LogP contribution in [-0.2, 0) is 6.54 Å². The number of hydrogen-bond acceptors (Lipinski definition) is 3. The van der Waals surface area contributed by atoms with E-state index in [0.717, 1.165) is 31.3 Å². The Kier molecular flexibility index (Phi) is 5.23. The minimum Gasteiger partial charge on any atom is -0.299 e. The van der Waals surface area contributed by atoms with Gasteiger partial charge in [0.2, 0.25) is 0 Å². The van der Waals surface area contributed by atoms with E-state index in [1.807, 2.05) is 13.8 Å². The zero-order chi connectivity index (χ0) is 16.1. The van der Waals surface area contributed by atoms with E-state index in [1.165, 1.54) is 24.9 Å². The Bertz CT molecular complexity index is 645. The molecule has 3 rings (SSSR count). The molecule has 1 aliphatic rings. The average molecular weight is 310 g/mol. The van der Waals surface area contributed by atoms with Crippen molar-refractivity contribution in [1.29, 1.82) is 0 Å². The predicted octanol–water partition coefficient (Wildman–Crippen LogP) is 3.32. The minimum atomic E-state index is 0.675. The van der Waals surface area contributed by atoms with Gasteiger partial charge in [-0.25, -0.2) is 9.67 Å². The molecule has 0 aliphatic carbocycles. The fourth-order valence-electron chi connectivity index (χ4n) is 3.35. The van der Waals surface area contributed by atoms with E-state index in [-0.39, 0.29) is 0 Å². The number of aromatic nitrogens is 3. The molecule has 4 nitrogen and oxygen atoms in total. The molecule has 0 bridgehead atoms. The van der Waals surface area contributed by atoms with Gasteiger partial charge in [-0.3, -0.25) is 4.90 Å². The van der Waals surface area contributed by atoms with Crippen LogP contribution in [0.2, 0.25) is 0 Å². The second kappa shape index (κ2) is 7.55. The first kappa shape index (κ1) is 15.9. The molecule has 122 valence electrons. The van der Waals surface area contributed by atoms with Gasteiger partial charge in [-0.1, -0.05) is 42.5 Å². The number of rotatable bonds is 5. The van der Waals surface area contributed by atoms with Crippen molar-refractivity contribution in [3.05, 3.63) is 53.6 Å². The molecule has 2 heterocycles. The monoisotopic (exact) mass is 310 g/mol. The van der Waals surface area contributed by atoms with Crippen molar-refractivity contribution in [2.45, 2.75) is 33.2 Å². The maximum Gasteiger partial charge on any atom is 0.147 e. The van der Waals surface area contributed by atoms with Gasteiger partial charge in [-0.15, -0.1) is 0 Å². The van der Waals surface area contributed by atoms with Gasteiger partial charge < -0.3 is 0 Å². The van der Waals surface area contributed by atoms with Crippen LogP contribution in [0.1, 0.15) is 30.1 Å². The van der Waals surface area contributed by atoms with E-state index in [2.05, 4.69) is 62.1 Å². The summed E-state index contributed by atoms with van der Waals surface area (Å²) < 4.78 is 2.07. The largest absolute Gasteiger partial charge is 0.299 e. The summed E-state index contributed by atoms with van der Waals surface area (Å²) in [5, 5.41) is 4.50. The molecule has 1 aromatic heterocycles. The Hall–Kier alpha value is -1.94. The highest BCUT2D eigenvalue weighted by molar-refractivity contribution is 5.48. The minimum absolute atomic E-state index is 0.675. The Morgan fingerprint density at radius 1 is 1.22 bits per heavy atom. The number of benzene rings is 1. The summed E-state index contributed by atoms with van der Waals surface area (Å²) in [5.74, 6) is 2.58. The van der Waals surface area contributed by atoms with E-state index >= 15 is 0 Å². The molecule has 1 fully saturated rings. The lowest BCUT2D eigenvalue weighted by molar-refractivity contribution is 0.173. The highest BCUT2D eigenvalue weighted by Gasteiger charge is 2.20. The summed E-state index contributed by atoms with van der Waals surface area (Å²) in [5.41, 5.74) is 1.27. The summed E-state index contributed by atoms with van der Waals surface area (Å²) in [6.45, 7) is 8.38. The zero-order valence-electron chi connectivity index (χ0n) is 14.2. The van der Waals surface area contributed by atoms with E-state index in [4.69, 9.17) is 0 Å². The molecule has 2 aromatic rings. The van der Waals surface area contributed by atoms with Gasteiger partial charge in [0.25, 0.3) is 0 Å². The number of piperidine rings is 1. The molecule has 23 heavy (non-hydrogen) atoms. The molecule has 1 aliphatic heterocycles. The fourth-order valence-corrected chi connectivity index (χ4v) is 3.35. The molecule has 1 atom stereocenters. The van der Waals surface area contributed by atoms with Crippen LogP contribution in [0.25, 0.3) is 6.08 Å². The molecule has 1 unspecified atom stereocenters. The van der Waals surface area contributed by atoms with Crippen molar-refractivity contribution in [3.63, 3.8) is 0 Å². The topological polar surface area (TPSA) is 34.0 Å². The van der Waals surface area contributed by atoms with E-state index in [1.54, 1.807) is 0 Å². The van der Waals surface area contributed by atoms with Gasteiger partial charge in [0.15, 0.2) is 0 Å². The van der Waals surface area contributed by atoms with Gasteiger partial charge >= 0.3 is 0 Å². The molecule has 0 spiro atoms. The standard InChI is InChI=1S/C19H26N4/c1-16-20-17(2)23(21-16)15-19-11-7-13-22(14-19)12-6-10-18-8-4-3-5-9-18/h3-6,8-10,19H,7,11-15H2,1-2H3/b10-6+. The molecule has 1 aromatic carbocycles. The third-order valence-electron chi connectivity index (χ3n) is 4.47. The van der Waals surface area contributed by atoms with Crippen LogP contribution in [0.15, 0.2) is 36.4 Å². The lowest BCUT2D eigenvalue weighted by Gasteiger charge is -2.32. The van der Waals surface area contributed by atoms with Crippen LogP contribution in [-0.4, -0.2) is 39.3 Å². The van der Waals surface area contributed by atoms with Crippen molar-refractivity contribution >= 4 is 6.08 Å². The molecular formula is C19H26N4. The number of hydrogen-bond donors (Lipinski definition) is 0. The first-order chi connectivity index (χ1) is 11.2. The first-order valence-electron chi connectivity index (χ1n) is 8.53. The van der Waals surface area contributed by atoms with Crippen LogP contribution in [0.3, 0.4) is 0 Å². The number of nitrogens with zero attached hydrogens (tertiary/aromatic N) is 4. The quantitative estimate of drug-likeness (QED) is 0.849. The van der Waals surface area contributed by atoms with Crippen LogP contribution in [0.5, 0.6) is 0 Å². The summed E-state index contributed by atoms with van der Waals surface area (Å²) in [7, 11) is 0. The van der Waals surface area contributed by atoms with Crippen molar-refractivity contribution in [2.24, 2.45) is 5.92 Å². The molecule has 4 heteroatoms. The normalized spacial score (nSPS) is 19.5. The molecule has 0 amide bonds. The summed E-state index contributed by atoms with van der Waals surface area (Å²) in [4.78, 5) is 6.95. The molecular weight excluding hydrogens is 284 g/mol. The third kappa shape index (κ3) is 4.52. The van der Waals surface area contributed by atoms with Gasteiger partial charge in [-0.05, 0) is 44.7 Å². The van der Waals surface area contributed by atoms with Crippen LogP contribution < -0.4 is 0 Å². The van der Waals surface area contributed by atoms with Crippen LogP contribution in [0.4, 0.5) is 0 Å². The fraction of sp³-hybridized carbons (Fsp3) is 0.474. The van der Waals surface area contributed by atoms with E-state index in [9.17, 15) is 0 Å². The Morgan fingerprint density at radius 2 is 2.04 bits per heavy atom. The van der Waals surface area contributed by atoms with Gasteiger partial charge in [0, 0.05) is 19.6 Å². The van der Waals surface area contributed by atoms with Gasteiger partial charge in [0.05, 0.1) is 0 Å². The summed E-state index contributed by atoms with van der Waals surface area (Å²) in [6, 6.07) is 10.5. The van der Waals surface area contributed by atoms with E-state index in [0.29, 0.717) is 5.92 Å². The maximum absolute atomic E-state index is 4.50. The lowest BCUT2D eigenvalue weighted by atomic mass is 9.98. The van der Waals surface area contributed by atoms with Crippen LogP contribution in [0, 0.1) is 19.8 Å². The first-order valence-corrected chi connectivity index (χ1v) is 8.53. The van der Waals surface area contributed by atoms with Crippen molar-refractivity contribution in [3.8, 4) is 0 Å². The van der Waals surface area contributed by atoms with Crippen molar-refractivity contribution in [1.82, 2.24) is 19.7 Å². The Labute approximate surface area is 138 Å². The van der Waals surface area contributed by atoms with Gasteiger partial charge in [0.1, 0.15) is 11.6 Å². The number of likely N-dealkylation sites (tertiary alicyclic amines) is 1. The molecule has 0 saturated carbocycles. The Morgan fingerprint density at radius 3 is 2.78 bits per heavy atom. The van der Waals surface area contributed by atoms with E-state index < -0.39 is 0 Å². The average Bonchev–Trinajstić information content (AvgIpc) is 2.86. The van der Waals surface area contributed by atoms with Gasteiger partial charge in [-0.2, -0.15) is 5.10 Å². The third-order valence-corrected chi connectivity index (χ3v) is 4.47. The molecule has 0 radical (unpaired) electrons. The second-order valence-electron chi connectivity index (χ2n) is 6.47. The zero-order valence-corrected chi connectivity index (χ0v) is 14.2. The number of aryl methyl sites for hydroxylation is 2. The maximum atomic E-state index is 4.50. The van der Waals surface area contributed by atoms with Crippen LogP contribution >= 0.6 is 0 Å². The highest BCUT2D eigenvalue weighted by atomic mass is 15.3.